The SMILES string of the molecule is CN(CC1CCCOC1)C(=O)NC1CCCS(=O)(=O)C1. The fourth-order valence-corrected chi connectivity index (χ4v) is 4.48. The van der Waals surface area contributed by atoms with Crippen molar-refractivity contribution in [1.82, 2.24) is 10.2 Å². The molecule has 0 aromatic carbocycles. The molecule has 2 rings (SSSR count). The molecule has 20 heavy (non-hydrogen) atoms. The number of rotatable bonds is 3. The van der Waals surface area contributed by atoms with Crippen molar-refractivity contribution < 1.29 is 17.9 Å². The van der Waals surface area contributed by atoms with Gasteiger partial charge in [0.1, 0.15) is 0 Å². The molecule has 0 spiro atoms. The average Bonchev–Trinajstić information content (AvgIpc) is 2.38. The number of sulfone groups is 1. The molecule has 7 heteroatoms. The van der Waals surface area contributed by atoms with E-state index in [2.05, 4.69) is 5.32 Å². The highest BCUT2D eigenvalue weighted by Gasteiger charge is 2.27. The summed E-state index contributed by atoms with van der Waals surface area (Å²) < 4.78 is 28.5. The van der Waals surface area contributed by atoms with Gasteiger partial charge in [-0.25, -0.2) is 13.2 Å². The molecule has 0 saturated carbocycles. The smallest absolute Gasteiger partial charge is 0.317 e. The summed E-state index contributed by atoms with van der Waals surface area (Å²) in [5.74, 6) is 0.697. The summed E-state index contributed by atoms with van der Waals surface area (Å²) >= 11 is 0. The summed E-state index contributed by atoms with van der Waals surface area (Å²) in [5.41, 5.74) is 0. The Morgan fingerprint density at radius 1 is 1.35 bits per heavy atom. The fourth-order valence-electron chi connectivity index (χ4n) is 2.84. The zero-order valence-corrected chi connectivity index (χ0v) is 12.8. The zero-order valence-electron chi connectivity index (χ0n) is 12.0. The summed E-state index contributed by atoms with van der Waals surface area (Å²) in [6, 6.07) is -0.427. The van der Waals surface area contributed by atoms with Gasteiger partial charge in [-0.15, -0.1) is 0 Å². The number of nitrogens with one attached hydrogen (secondary N) is 1. The summed E-state index contributed by atoms with van der Waals surface area (Å²) in [5, 5.41) is 2.83. The van der Waals surface area contributed by atoms with Gasteiger partial charge in [-0.2, -0.15) is 0 Å². The second-order valence-corrected chi connectivity index (χ2v) is 8.10. The standard InChI is InChI=1S/C13H24N2O4S/c1-15(8-11-4-2-6-19-9-11)13(16)14-12-5-3-7-20(17,18)10-12/h11-12H,2-10H2,1H3,(H,14,16). The Morgan fingerprint density at radius 2 is 2.15 bits per heavy atom. The van der Waals surface area contributed by atoms with E-state index in [0.717, 1.165) is 25.9 Å². The van der Waals surface area contributed by atoms with Crippen molar-refractivity contribution in [2.24, 2.45) is 5.92 Å². The van der Waals surface area contributed by atoms with Crippen LogP contribution in [0, 0.1) is 5.92 Å². The van der Waals surface area contributed by atoms with Crippen LogP contribution in [0.1, 0.15) is 25.7 Å². The Bertz CT molecular complexity index is 432. The van der Waals surface area contributed by atoms with E-state index in [9.17, 15) is 13.2 Å². The van der Waals surface area contributed by atoms with E-state index in [1.54, 1.807) is 11.9 Å². The van der Waals surface area contributed by atoms with Gasteiger partial charge in [-0.05, 0) is 25.7 Å². The van der Waals surface area contributed by atoms with Gasteiger partial charge in [0.15, 0.2) is 9.84 Å². The van der Waals surface area contributed by atoms with Gasteiger partial charge in [0.2, 0.25) is 0 Å². The summed E-state index contributed by atoms with van der Waals surface area (Å²) in [6.45, 7) is 2.17. The minimum atomic E-state index is -2.98. The van der Waals surface area contributed by atoms with Gasteiger partial charge >= 0.3 is 6.03 Å². The maximum Gasteiger partial charge on any atom is 0.317 e. The number of urea groups is 1. The first kappa shape index (κ1) is 15.6. The zero-order chi connectivity index (χ0) is 14.6. The number of ether oxygens (including phenoxy) is 1. The summed E-state index contributed by atoms with van der Waals surface area (Å²) in [6.07, 6.45) is 3.50. The van der Waals surface area contributed by atoms with Crippen molar-refractivity contribution in [3.63, 3.8) is 0 Å². The molecule has 2 saturated heterocycles. The molecule has 2 atom stereocenters. The summed E-state index contributed by atoms with van der Waals surface area (Å²) in [7, 11) is -1.23. The Kier molecular flexibility index (Phi) is 5.26. The topological polar surface area (TPSA) is 75.7 Å². The lowest BCUT2D eigenvalue weighted by atomic mass is 10.0. The van der Waals surface area contributed by atoms with Crippen molar-refractivity contribution in [2.45, 2.75) is 31.7 Å². The van der Waals surface area contributed by atoms with Crippen LogP contribution in [0.25, 0.3) is 0 Å². The third kappa shape index (κ3) is 4.63. The predicted octanol–water partition coefficient (Wildman–Crippen LogP) is 0.632. The minimum Gasteiger partial charge on any atom is -0.381 e. The lowest BCUT2D eigenvalue weighted by molar-refractivity contribution is 0.0456. The molecule has 0 aliphatic carbocycles. The van der Waals surface area contributed by atoms with Gasteiger partial charge in [-0.3, -0.25) is 0 Å². The average molecular weight is 304 g/mol. The van der Waals surface area contributed by atoms with Crippen LogP contribution in [0.3, 0.4) is 0 Å². The number of hydrogen-bond donors (Lipinski definition) is 1. The second-order valence-electron chi connectivity index (χ2n) is 5.87. The Morgan fingerprint density at radius 3 is 2.80 bits per heavy atom. The molecule has 2 aliphatic rings. The van der Waals surface area contributed by atoms with Crippen LogP contribution in [0.2, 0.25) is 0 Å². The third-order valence-electron chi connectivity index (χ3n) is 3.92. The maximum atomic E-state index is 12.1. The second kappa shape index (κ2) is 6.76. The number of carbonyl (C=O) groups excluding carboxylic acids is 1. The highest BCUT2D eigenvalue weighted by Crippen LogP contribution is 2.15. The van der Waals surface area contributed by atoms with Gasteiger partial charge in [0, 0.05) is 32.2 Å². The molecule has 0 radical (unpaired) electrons. The van der Waals surface area contributed by atoms with E-state index in [4.69, 9.17) is 4.74 Å². The first-order valence-electron chi connectivity index (χ1n) is 7.26. The van der Waals surface area contributed by atoms with Gasteiger partial charge < -0.3 is 15.0 Å². The number of nitrogens with zero attached hydrogens (tertiary/aromatic N) is 1. The molecule has 0 aromatic rings. The first-order valence-corrected chi connectivity index (χ1v) is 9.08. The van der Waals surface area contributed by atoms with Crippen molar-refractivity contribution in [3.8, 4) is 0 Å². The quantitative estimate of drug-likeness (QED) is 0.830. The molecule has 116 valence electrons. The molecular formula is C13H24N2O4S. The number of hydrogen-bond acceptors (Lipinski definition) is 4. The van der Waals surface area contributed by atoms with E-state index in [-0.39, 0.29) is 23.6 Å². The van der Waals surface area contributed by atoms with Gasteiger partial charge in [-0.1, -0.05) is 0 Å². The molecular weight excluding hydrogens is 280 g/mol. The van der Waals surface area contributed by atoms with E-state index >= 15 is 0 Å². The Labute approximate surface area is 120 Å². The van der Waals surface area contributed by atoms with Crippen molar-refractivity contribution in [3.05, 3.63) is 0 Å². The maximum absolute atomic E-state index is 12.1. The van der Waals surface area contributed by atoms with Crippen molar-refractivity contribution in [1.29, 1.82) is 0 Å². The Hall–Kier alpha value is -0.820. The monoisotopic (exact) mass is 304 g/mol. The molecule has 0 aromatic heterocycles. The highest BCUT2D eigenvalue weighted by atomic mass is 32.2. The molecule has 6 nitrogen and oxygen atoms in total. The lowest BCUT2D eigenvalue weighted by Crippen LogP contribution is -2.49. The molecule has 2 amide bonds. The largest absolute Gasteiger partial charge is 0.381 e. The Balaban J connectivity index is 1.78. The normalized spacial score (nSPS) is 29.6. The molecule has 0 bridgehead atoms. The van der Waals surface area contributed by atoms with Crippen molar-refractivity contribution in [2.75, 3.05) is 38.3 Å². The third-order valence-corrected chi connectivity index (χ3v) is 5.74. The van der Waals surface area contributed by atoms with E-state index < -0.39 is 9.84 Å². The number of amides is 2. The van der Waals surface area contributed by atoms with Crippen LogP contribution in [0.5, 0.6) is 0 Å². The van der Waals surface area contributed by atoms with Crippen LogP contribution in [0.4, 0.5) is 4.79 Å². The van der Waals surface area contributed by atoms with Crippen LogP contribution >= 0.6 is 0 Å². The lowest BCUT2D eigenvalue weighted by Gasteiger charge is -2.29. The highest BCUT2D eigenvalue weighted by molar-refractivity contribution is 7.91. The molecule has 1 N–H and O–H groups in total. The summed E-state index contributed by atoms with van der Waals surface area (Å²) in [4.78, 5) is 13.7. The minimum absolute atomic E-state index is 0.0686. The van der Waals surface area contributed by atoms with Crippen LogP contribution < -0.4 is 5.32 Å². The molecule has 2 fully saturated rings. The van der Waals surface area contributed by atoms with E-state index in [1.165, 1.54) is 0 Å². The van der Waals surface area contributed by atoms with Gasteiger partial charge in [0.05, 0.1) is 18.1 Å². The molecule has 2 heterocycles. The van der Waals surface area contributed by atoms with Crippen LogP contribution in [0.15, 0.2) is 0 Å². The molecule has 2 unspecified atom stereocenters. The first-order chi connectivity index (χ1) is 9.46. The van der Waals surface area contributed by atoms with Crippen LogP contribution in [-0.4, -0.2) is 63.7 Å². The molecule has 2 aliphatic heterocycles. The number of carbonyl (C=O) groups is 1. The van der Waals surface area contributed by atoms with E-state index in [0.29, 0.717) is 25.5 Å². The predicted molar refractivity (Wildman–Crippen MR) is 76.4 cm³/mol. The van der Waals surface area contributed by atoms with Crippen LogP contribution in [-0.2, 0) is 14.6 Å². The fraction of sp³-hybridized carbons (Fsp3) is 0.923. The van der Waals surface area contributed by atoms with Crippen molar-refractivity contribution >= 4 is 15.9 Å². The van der Waals surface area contributed by atoms with Gasteiger partial charge in [0.25, 0.3) is 0 Å². The van der Waals surface area contributed by atoms with E-state index in [1.807, 2.05) is 0 Å².